The molecule has 4 rings (SSSR count). The van der Waals surface area contributed by atoms with E-state index in [1.807, 2.05) is 0 Å². The zero-order valence-corrected chi connectivity index (χ0v) is 16.9. The molecule has 1 aliphatic heterocycles. The lowest BCUT2D eigenvalue weighted by atomic mass is 10.2. The highest BCUT2D eigenvalue weighted by Gasteiger charge is 2.43. The number of alkyl halides is 3. The molecule has 3 heterocycles. The third-order valence-electron chi connectivity index (χ3n) is 5.72. The Labute approximate surface area is 167 Å². The lowest BCUT2D eigenvalue weighted by Gasteiger charge is -2.17. The topological polar surface area (TPSA) is 76.3 Å². The normalized spacial score (nSPS) is 18.5. The average Bonchev–Trinajstić information content (AvgIpc) is 3.08. The summed E-state index contributed by atoms with van der Waals surface area (Å²) >= 11 is 1.12. The minimum absolute atomic E-state index is 0.223. The van der Waals surface area contributed by atoms with Gasteiger partial charge < -0.3 is 10.2 Å². The maximum Gasteiger partial charge on any atom is 0.390 e. The zero-order valence-electron chi connectivity index (χ0n) is 16.1. The minimum Gasteiger partial charge on any atom is -0.336 e. The van der Waals surface area contributed by atoms with Gasteiger partial charge in [-0.1, -0.05) is 0 Å². The molecule has 2 aromatic rings. The summed E-state index contributed by atoms with van der Waals surface area (Å²) in [4.78, 5) is 40.6. The van der Waals surface area contributed by atoms with E-state index in [1.165, 1.54) is 0 Å². The van der Waals surface area contributed by atoms with Crippen LogP contribution in [0.3, 0.4) is 0 Å². The first-order chi connectivity index (χ1) is 13.5. The van der Waals surface area contributed by atoms with E-state index in [0.717, 1.165) is 20.5 Å². The first kappa shape index (κ1) is 20.0. The van der Waals surface area contributed by atoms with E-state index in [9.17, 15) is 27.6 Å². The number of urea groups is 1. The highest BCUT2D eigenvalue weighted by molar-refractivity contribution is 7.18. The molecule has 0 bridgehead atoms. The van der Waals surface area contributed by atoms with Crippen molar-refractivity contribution in [2.24, 2.45) is 0 Å². The Bertz CT molecular complexity index is 1110. The van der Waals surface area contributed by atoms with Crippen molar-refractivity contribution in [3.05, 3.63) is 31.3 Å². The zero-order chi connectivity index (χ0) is 21.1. The molecule has 2 amide bonds. The van der Waals surface area contributed by atoms with Gasteiger partial charge in [-0.15, -0.1) is 11.3 Å². The second-order valence-electron chi connectivity index (χ2n) is 7.92. The van der Waals surface area contributed by atoms with Gasteiger partial charge in [0.15, 0.2) is 0 Å². The molecule has 0 unspecified atom stereocenters. The number of hydrogen-bond acceptors (Lipinski definition) is 4. The molecule has 7 nitrogen and oxygen atoms in total. The van der Waals surface area contributed by atoms with Crippen molar-refractivity contribution >= 4 is 27.6 Å². The number of rotatable bonds is 5. The van der Waals surface area contributed by atoms with Gasteiger partial charge in [0.1, 0.15) is 4.83 Å². The molecule has 29 heavy (non-hydrogen) atoms. The molecular weight excluding hydrogens is 409 g/mol. The van der Waals surface area contributed by atoms with Crippen molar-refractivity contribution in [2.45, 2.75) is 57.9 Å². The summed E-state index contributed by atoms with van der Waals surface area (Å²) in [7, 11) is 0. The summed E-state index contributed by atoms with van der Waals surface area (Å²) in [6.45, 7) is 4.23. The standard InChI is InChI=1S/C18H21F3N4O3S/c1-10-11(9-23-8-6-22-15(23)27)29-14-12(10)13(26)25(17(2)3-4-17)16(28)24(14)7-5-18(19,20)21/h3-9H2,1-2H3,(H,22,27). The number of hydrogen-bond donors (Lipinski definition) is 1. The van der Waals surface area contributed by atoms with Crippen molar-refractivity contribution in [1.29, 1.82) is 0 Å². The average molecular weight is 430 g/mol. The summed E-state index contributed by atoms with van der Waals surface area (Å²) in [6.07, 6.45) is -4.30. The molecule has 158 valence electrons. The quantitative estimate of drug-likeness (QED) is 0.792. The predicted molar refractivity (Wildman–Crippen MR) is 102 cm³/mol. The van der Waals surface area contributed by atoms with Crippen molar-refractivity contribution < 1.29 is 18.0 Å². The van der Waals surface area contributed by atoms with E-state index in [2.05, 4.69) is 5.32 Å². The van der Waals surface area contributed by atoms with Crippen LogP contribution in [0.4, 0.5) is 18.0 Å². The van der Waals surface area contributed by atoms with E-state index in [-0.39, 0.29) is 22.8 Å². The fraction of sp³-hybridized carbons (Fsp3) is 0.611. The minimum atomic E-state index is -4.42. The molecule has 0 spiro atoms. The number of thiophene rings is 1. The van der Waals surface area contributed by atoms with E-state index < -0.39 is 35.9 Å². The highest BCUT2D eigenvalue weighted by Crippen LogP contribution is 2.41. The SMILES string of the molecule is Cc1c(CN2CCNC2=O)sc2c1c(=O)n(C1(C)CC1)c(=O)n2CCC(F)(F)F. The fourth-order valence-electron chi connectivity index (χ4n) is 3.69. The van der Waals surface area contributed by atoms with Crippen molar-refractivity contribution in [3.63, 3.8) is 0 Å². The summed E-state index contributed by atoms with van der Waals surface area (Å²) in [5, 5.41) is 2.97. The molecule has 1 saturated carbocycles. The maximum absolute atomic E-state index is 13.2. The molecular formula is C18H21F3N4O3S. The second-order valence-corrected chi connectivity index (χ2v) is 9.00. The highest BCUT2D eigenvalue weighted by atomic mass is 32.1. The number of carbonyl (C=O) groups excluding carboxylic acids is 1. The third kappa shape index (κ3) is 3.45. The number of amides is 2. The van der Waals surface area contributed by atoms with E-state index in [0.29, 0.717) is 36.4 Å². The number of nitrogens with zero attached hydrogens (tertiary/aromatic N) is 3. The Kier molecular flexibility index (Phi) is 4.56. The Hall–Kier alpha value is -2.30. The number of carbonyl (C=O) groups is 1. The first-order valence-electron chi connectivity index (χ1n) is 9.40. The molecule has 1 N–H and O–H groups in total. The smallest absolute Gasteiger partial charge is 0.336 e. The van der Waals surface area contributed by atoms with Gasteiger partial charge in [0.25, 0.3) is 5.56 Å². The third-order valence-corrected chi connectivity index (χ3v) is 7.02. The number of aryl methyl sites for hydroxylation is 2. The van der Waals surface area contributed by atoms with Crippen LogP contribution in [0.1, 0.15) is 36.6 Å². The molecule has 2 aromatic heterocycles. The number of fused-ring (bicyclic) bond motifs is 1. The fourth-order valence-corrected chi connectivity index (χ4v) is 5.03. The van der Waals surface area contributed by atoms with Gasteiger partial charge in [-0.2, -0.15) is 13.2 Å². The molecule has 0 radical (unpaired) electrons. The Morgan fingerprint density at radius 2 is 1.90 bits per heavy atom. The molecule has 0 aromatic carbocycles. The van der Waals surface area contributed by atoms with Crippen LogP contribution >= 0.6 is 11.3 Å². The van der Waals surface area contributed by atoms with E-state index in [1.54, 1.807) is 18.7 Å². The van der Waals surface area contributed by atoms with Crippen LogP contribution in [0.25, 0.3) is 10.2 Å². The van der Waals surface area contributed by atoms with Gasteiger partial charge in [0.05, 0.1) is 23.9 Å². The Morgan fingerprint density at radius 1 is 1.21 bits per heavy atom. The van der Waals surface area contributed by atoms with Crippen LogP contribution < -0.4 is 16.6 Å². The Morgan fingerprint density at radius 3 is 2.45 bits per heavy atom. The van der Waals surface area contributed by atoms with Gasteiger partial charge in [-0.25, -0.2) is 9.59 Å². The second kappa shape index (κ2) is 6.61. The molecule has 2 fully saturated rings. The monoisotopic (exact) mass is 430 g/mol. The maximum atomic E-state index is 13.2. The van der Waals surface area contributed by atoms with Gasteiger partial charge in [-0.3, -0.25) is 13.9 Å². The van der Waals surface area contributed by atoms with E-state index >= 15 is 0 Å². The first-order valence-corrected chi connectivity index (χ1v) is 10.2. The van der Waals surface area contributed by atoms with Gasteiger partial charge in [-0.05, 0) is 32.3 Å². The summed E-state index contributed by atoms with van der Waals surface area (Å²) in [6, 6.07) is -0.223. The summed E-state index contributed by atoms with van der Waals surface area (Å²) in [5.74, 6) is 0. The molecule has 2 aliphatic rings. The van der Waals surface area contributed by atoms with Gasteiger partial charge >= 0.3 is 17.9 Å². The number of halogens is 3. The largest absolute Gasteiger partial charge is 0.390 e. The number of aromatic nitrogens is 2. The van der Waals surface area contributed by atoms with Crippen LogP contribution in [0.15, 0.2) is 9.59 Å². The van der Waals surface area contributed by atoms with Crippen LogP contribution in [0, 0.1) is 6.92 Å². The van der Waals surface area contributed by atoms with Crippen molar-refractivity contribution in [2.75, 3.05) is 13.1 Å². The summed E-state index contributed by atoms with van der Waals surface area (Å²) in [5.41, 5.74) is -1.18. The van der Waals surface area contributed by atoms with Crippen molar-refractivity contribution in [3.8, 4) is 0 Å². The Balaban J connectivity index is 1.89. The predicted octanol–water partition coefficient (Wildman–Crippen LogP) is 2.52. The number of nitrogens with one attached hydrogen (secondary N) is 1. The molecule has 11 heteroatoms. The van der Waals surface area contributed by atoms with Crippen LogP contribution in [-0.2, 0) is 18.6 Å². The molecule has 1 aliphatic carbocycles. The van der Waals surface area contributed by atoms with Crippen LogP contribution in [0.5, 0.6) is 0 Å². The van der Waals surface area contributed by atoms with Crippen LogP contribution in [0.2, 0.25) is 0 Å². The lowest BCUT2D eigenvalue weighted by Crippen LogP contribution is -2.44. The molecule has 0 atom stereocenters. The van der Waals surface area contributed by atoms with E-state index in [4.69, 9.17) is 0 Å². The van der Waals surface area contributed by atoms with Crippen LogP contribution in [-0.4, -0.2) is 39.3 Å². The lowest BCUT2D eigenvalue weighted by molar-refractivity contribution is -0.136. The van der Waals surface area contributed by atoms with Gasteiger partial charge in [0.2, 0.25) is 0 Å². The van der Waals surface area contributed by atoms with Gasteiger partial charge in [0, 0.05) is 24.5 Å². The van der Waals surface area contributed by atoms with Crippen molar-refractivity contribution in [1.82, 2.24) is 19.4 Å². The summed E-state index contributed by atoms with van der Waals surface area (Å²) < 4.78 is 40.8. The molecule has 1 saturated heterocycles.